The molecule has 3 aromatic rings. The maximum Gasteiger partial charge on any atom is 0.191 e. The summed E-state index contributed by atoms with van der Waals surface area (Å²) in [6.45, 7) is 2.17. The van der Waals surface area contributed by atoms with Gasteiger partial charge in [0.05, 0.1) is 6.10 Å². The Bertz CT molecular complexity index is 850. The van der Waals surface area contributed by atoms with Crippen LogP contribution in [0.25, 0.3) is 11.4 Å². The minimum Gasteiger partial charge on any atom is -0.491 e. The number of ether oxygens (including phenoxy) is 1. The first kappa shape index (κ1) is 18.4. The van der Waals surface area contributed by atoms with Crippen LogP contribution >= 0.6 is 11.8 Å². The van der Waals surface area contributed by atoms with E-state index in [-0.39, 0.29) is 12.4 Å². The maximum absolute atomic E-state index is 12.9. The first-order chi connectivity index (χ1) is 12.5. The molecule has 1 atom stereocenters. The number of aliphatic hydroxyl groups excluding tert-OH is 1. The molecule has 2 aromatic carbocycles. The van der Waals surface area contributed by atoms with Crippen molar-refractivity contribution in [3.63, 3.8) is 0 Å². The lowest BCUT2D eigenvalue weighted by molar-refractivity contribution is 0.126. The number of aromatic nitrogens is 3. The molecule has 7 heteroatoms. The van der Waals surface area contributed by atoms with E-state index in [0.29, 0.717) is 11.5 Å². The van der Waals surface area contributed by atoms with Gasteiger partial charge in [-0.1, -0.05) is 41.6 Å². The average Bonchev–Trinajstić information content (AvgIpc) is 3.01. The first-order valence-corrected chi connectivity index (χ1v) is 9.17. The number of thioether (sulfide) groups is 1. The summed E-state index contributed by atoms with van der Waals surface area (Å²) in [6.07, 6.45) is -0.676. The van der Waals surface area contributed by atoms with Gasteiger partial charge >= 0.3 is 0 Å². The molecule has 0 saturated carbocycles. The Hall–Kier alpha value is -2.38. The quantitative estimate of drug-likeness (QED) is 0.643. The lowest BCUT2D eigenvalue weighted by atomic mass is 10.1. The van der Waals surface area contributed by atoms with Gasteiger partial charge in [0.25, 0.3) is 0 Å². The molecule has 0 aliphatic heterocycles. The number of benzene rings is 2. The van der Waals surface area contributed by atoms with Gasteiger partial charge in [-0.05, 0) is 31.2 Å². The molecular weight excluding hydrogens is 353 g/mol. The van der Waals surface area contributed by atoms with E-state index in [9.17, 15) is 9.50 Å². The van der Waals surface area contributed by atoms with Gasteiger partial charge in [0.2, 0.25) is 0 Å². The number of rotatable bonds is 7. The Morgan fingerprint density at radius 1 is 1.12 bits per heavy atom. The number of hydrogen-bond donors (Lipinski definition) is 1. The highest BCUT2D eigenvalue weighted by Crippen LogP contribution is 2.23. The van der Waals surface area contributed by atoms with Crippen molar-refractivity contribution >= 4 is 11.8 Å². The van der Waals surface area contributed by atoms with Crippen LogP contribution in [0.5, 0.6) is 5.75 Å². The van der Waals surface area contributed by atoms with Crippen molar-refractivity contribution in [2.45, 2.75) is 18.2 Å². The van der Waals surface area contributed by atoms with Crippen LogP contribution in [0.1, 0.15) is 5.56 Å². The highest BCUT2D eigenvalue weighted by atomic mass is 32.2. The van der Waals surface area contributed by atoms with Gasteiger partial charge in [-0.3, -0.25) is 0 Å². The maximum atomic E-state index is 12.9. The molecule has 1 N–H and O–H groups in total. The Morgan fingerprint density at radius 2 is 1.81 bits per heavy atom. The van der Waals surface area contributed by atoms with E-state index in [4.69, 9.17) is 4.74 Å². The summed E-state index contributed by atoms with van der Waals surface area (Å²) in [6, 6.07) is 13.8. The molecule has 0 fully saturated rings. The van der Waals surface area contributed by atoms with Crippen molar-refractivity contribution in [1.82, 2.24) is 14.8 Å². The highest BCUT2D eigenvalue weighted by molar-refractivity contribution is 7.99. The molecule has 0 amide bonds. The predicted octanol–water partition coefficient (Wildman–Crippen LogP) is 3.46. The molecule has 26 heavy (non-hydrogen) atoms. The van der Waals surface area contributed by atoms with Crippen molar-refractivity contribution in [3.05, 3.63) is 59.9 Å². The Kier molecular flexibility index (Phi) is 5.90. The fraction of sp³-hybridized carbons (Fsp3) is 0.263. The molecule has 0 aliphatic rings. The highest BCUT2D eigenvalue weighted by Gasteiger charge is 2.13. The Labute approximate surface area is 155 Å². The van der Waals surface area contributed by atoms with Crippen molar-refractivity contribution in [2.75, 3.05) is 12.4 Å². The van der Waals surface area contributed by atoms with Crippen LogP contribution in [-0.4, -0.2) is 38.3 Å². The summed E-state index contributed by atoms with van der Waals surface area (Å²) < 4.78 is 20.2. The zero-order chi connectivity index (χ0) is 18.5. The van der Waals surface area contributed by atoms with E-state index in [0.717, 1.165) is 16.5 Å². The number of aryl methyl sites for hydroxylation is 1. The third kappa shape index (κ3) is 4.62. The van der Waals surface area contributed by atoms with Gasteiger partial charge in [-0.25, -0.2) is 4.39 Å². The fourth-order valence-electron chi connectivity index (χ4n) is 2.34. The van der Waals surface area contributed by atoms with Crippen molar-refractivity contribution < 1.29 is 14.2 Å². The lowest BCUT2D eigenvalue weighted by Crippen LogP contribution is -2.20. The zero-order valence-electron chi connectivity index (χ0n) is 14.6. The molecule has 3 rings (SSSR count). The predicted molar refractivity (Wildman–Crippen MR) is 99.8 cm³/mol. The van der Waals surface area contributed by atoms with Crippen LogP contribution in [-0.2, 0) is 7.05 Å². The lowest BCUT2D eigenvalue weighted by Gasteiger charge is -2.12. The van der Waals surface area contributed by atoms with Crippen LogP contribution in [0.4, 0.5) is 4.39 Å². The van der Waals surface area contributed by atoms with Gasteiger partial charge < -0.3 is 14.4 Å². The second-order valence-corrected chi connectivity index (χ2v) is 6.95. The van der Waals surface area contributed by atoms with Gasteiger partial charge in [0, 0.05) is 18.4 Å². The van der Waals surface area contributed by atoms with Crippen LogP contribution in [0.3, 0.4) is 0 Å². The third-order valence-electron chi connectivity index (χ3n) is 3.81. The van der Waals surface area contributed by atoms with Crippen molar-refractivity contribution in [2.24, 2.45) is 7.05 Å². The molecule has 1 aromatic heterocycles. The molecule has 0 spiro atoms. The average molecular weight is 373 g/mol. The monoisotopic (exact) mass is 373 g/mol. The zero-order valence-corrected chi connectivity index (χ0v) is 15.4. The molecule has 1 unspecified atom stereocenters. The van der Waals surface area contributed by atoms with E-state index in [1.54, 1.807) is 0 Å². The molecule has 0 radical (unpaired) electrons. The third-order valence-corrected chi connectivity index (χ3v) is 4.97. The second kappa shape index (κ2) is 8.33. The minimum atomic E-state index is -0.676. The van der Waals surface area contributed by atoms with Crippen LogP contribution in [0.2, 0.25) is 0 Å². The smallest absolute Gasteiger partial charge is 0.191 e. The van der Waals surface area contributed by atoms with Crippen LogP contribution in [0, 0.1) is 12.7 Å². The SMILES string of the molecule is Cc1ccc(-c2nnc(SCC(O)COc3ccc(F)cc3)n2C)cc1. The minimum absolute atomic E-state index is 0.126. The summed E-state index contributed by atoms with van der Waals surface area (Å²) in [7, 11) is 1.90. The molecule has 1 heterocycles. The fourth-order valence-corrected chi connectivity index (χ4v) is 3.15. The molecule has 5 nitrogen and oxygen atoms in total. The normalized spacial score (nSPS) is 12.2. The van der Waals surface area contributed by atoms with E-state index in [2.05, 4.69) is 10.2 Å². The van der Waals surface area contributed by atoms with Crippen LogP contribution < -0.4 is 4.74 Å². The van der Waals surface area contributed by atoms with Crippen molar-refractivity contribution in [1.29, 1.82) is 0 Å². The molecule has 0 saturated heterocycles. The molecule has 0 bridgehead atoms. The standard InChI is InChI=1S/C19H20FN3O2S/c1-13-3-5-14(6-4-13)18-21-22-19(23(18)2)26-12-16(24)11-25-17-9-7-15(20)8-10-17/h3-10,16,24H,11-12H2,1-2H3. The van der Waals surface area contributed by atoms with E-state index < -0.39 is 6.10 Å². The number of aliphatic hydroxyl groups is 1. The summed E-state index contributed by atoms with van der Waals surface area (Å²) in [4.78, 5) is 0. The number of halogens is 1. The summed E-state index contributed by atoms with van der Waals surface area (Å²) in [5, 5.41) is 19.3. The largest absolute Gasteiger partial charge is 0.491 e. The van der Waals surface area contributed by atoms with Gasteiger partial charge in [-0.2, -0.15) is 0 Å². The van der Waals surface area contributed by atoms with Crippen LogP contribution in [0.15, 0.2) is 53.7 Å². The molecule has 0 aliphatic carbocycles. The molecule has 136 valence electrons. The first-order valence-electron chi connectivity index (χ1n) is 8.18. The second-order valence-electron chi connectivity index (χ2n) is 5.96. The topological polar surface area (TPSA) is 60.2 Å². The summed E-state index contributed by atoms with van der Waals surface area (Å²) >= 11 is 1.41. The Balaban J connectivity index is 1.54. The molecular formula is C19H20FN3O2S. The van der Waals surface area contributed by atoms with E-state index >= 15 is 0 Å². The van der Waals surface area contributed by atoms with Crippen molar-refractivity contribution in [3.8, 4) is 17.1 Å². The van der Waals surface area contributed by atoms with Gasteiger partial charge in [0.15, 0.2) is 11.0 Å². The Morgan fingerprint density at radius 3 is 2.50 bits per heavy atom. The van der Waals surface area contributed by atoms with E-state index in [1.165, 1.54) is 41.6 Å². The summed E-state index contributed by atoms with van der Waals surface area (Å²) in [5.74, 6) is 1.40. The van der Waals surface area contributed by atoms with Gasteiger partial charge in [-0.15, -0.1) is 10.2 Å². The van der Waals surface area contributed by atoms with E-state index in [1.807, 2.05) is 42.8 Å². The summed E-state index contributed by atoms with van der Waals surface area (Å²) in [5.41, 5.74) is 2.19. The number of hydrogen-bond acceptors (Lipinski definition) is 5. The number of nitrogens with zero attached hydrogens (tertiary/aromatic N) is 3. The van der Waals surface area contributed by atoms with Gasteiger partial charge in [0.1, 0.15) is 18.2 Å².